The van der Waals surface area contributed by atoms with Crippen molar-refractivity contribution < 1.29 is 9.53 Å². The second-order valence-corrected chi connectivity index (χ2v) is 4.22. The number of carbonyl (C=O) groups is 1. The molecule has 3 N–H and O–H groups in total. The molecule has 4 heteroatoms. The number of carbonyl (C=O) groups excluding carboxylic acids is 1. The van der Waals surface area contributed by atoms with E-state index in [0.29, 0.717) is 0 Å². The molecule has 1 aromatic carbocycles. The predicted octanol–water partition coefficient (Wildman–Crippen LogP) is 1.48. The van der Waals surface area contributed by atoms with Crippen LogP contribution in [-0.4, -0.2) is 25.1 Å². The maximum Gasteiger partial charge on any atom is 0.238 e. The summed E-state index contributed by atoms with van der Waals surface area (Å²) in [5, 5.41) is 3.07. The van der Waals surface area contributed by atoms with Crippen LogP contribution in [0.2, 0.25) is 0 Å². The monoisotopic (exact) mass is 250 g/mol. The summed E-state index contributed by atoms with van der Waals surface area (Å²) in [6.07, 6.45) is 1.92. The summed E-state index contributed by atoms with van der Waals surface area (Å²) in [7, 11) is 0. The van der Waals surface area contributed by atoms with Crippen LogP contribution in [0.4, 0.5) is 0 Å². The number of hydrogen-bond acceptors (Lipinski definition) is 3. The Bertz CT molecular complexity index is 380. The van der Waals surface area contributed by atoms with E-state index in [1.54, 1.807) is 0 Å². The molecule has 0 saturated heterocycles. The molecule has 1 rings (SSSR count). The second kappa shape index (κ2) is 7.71. The highest BCUT2D eigenvalue weighted by molar-refractivity contribution is 5.80. The van der Waals surface area contributed by atoms with Gasteiger partial charge in [0.25, 0.3) is 0 Å². The van der Waals surface area contributed by atoms with Gasteiger partial charge < -0.3 is 15.8 Å². The molecule has 0 aliphatic carbocycles. The molecule has 0 aromatic heterocycles. The molecule has 1 unspecified atom stereocenters. The quantitative estimate of drug-likeness (QED) is 0.734. The Kier molecular flexibility index (Phi) is 6.22. The highest BCUT2D eigenvalue weighted by atomic mass is 16.5. The van der Waals surface area contributed by atoms with Crippen LogP contribution >= 0.6 is 0 Å². The number of primary amides is 1. The van der Waals surface area contributed by atoms with Crippen LogP contribution in [0, 0.1) is 0 Å². The fraction of sp³-hybridized carbons (Fsp3) is 0.500. The van der Waals surface area contributed by atoms with Crippen molar-refractivity contribution in [2.75, 3.05) is 13.2 Å². The number of ether oxygens (including phenoxy) is 1. The molecule has 0 saturated carbocycles. The molecule has 1 atom stereocenters. The standard InChI is InChI=1S/C14H22N2O2/c1-3-8-16-13(14(15)17)10-18-12-7-5-6-11(4-2)9-12/h5-7,9,13,16H,3-4,8,10H2,1-2H3,(H2,15,17). The lowest BCUT2D eigenvalue weighted by Gasteiger charge is -2.16. The van der Waals surface area contributed by atoms with Crippen LogP contribution in [0.3, 0.4) is 0 Å². The van der Waals surface area contributed by atoms with Crippen LogP contribution in [0.1, 0.15) is 25.8 Å². The summed E-state index contributed by atoms with van der Waals surface area (Å²) < 4.78 is 5.61. The smallest absolute Gasteiger partial charge is 0.238 e. The van der Waals surface area contributed by atoms with Crippen LogP contribution in [0.15, 0.2) is 24.3 Å². The van der Waals surface area contributed by atoms with Gasteiger partial charge in [-0.1, -0.05) is 26.0 Å². The SMILES string of the molecule is CCCNC(COc1cccc(CC)c1)C(N)=O. The number of nitrogens with two attached hydrogens (primary N) is 1. The fourth-order valence-electron chi connectivity index (χ4n) is 1.59. The number of aryl methyl sites for hydroxylation is 1. The minimum atomic E-state index is -0.435. The normalized spacial score (nSPS) is 12.1. The third kappa shape index (κ3) is 4.75. The fourth-order valence-corrected chi connectivity index (χ4v) is 1.59. The molecule has 4 nitrogen and oxygen atoms in total. The summed E-state index contributed by atoms with van der Waals surface area (Å²) in [4.78, 5) is 11.2. The summed E-state index contributed by atoms with van der Waals surface area (Å²) in [5.41, 5.74) is 6.53. The van der Waals surface area contributed by atoms with E-state index < -0.39 is 6.04 Å². The van der Waals surface area contributed by atoms with Gasteiger partial charge in [0.2, 0.25) is 5.91 Å². The van der Waals surface area contributed by atoms with Gasteiger partial charge in [0, 0.05) is 0 Å². The molecule has 0 fully saturated rings. The number of rotatable bonds is 8. The molecule has 0 bridgehead atoms. The van der Waals surface area contributed by atoms with Gasteiger partial charge in [-0.05, 0) is 37.1 Å². The molecule has 18 heavy (non-hydrogen) atoms. The van der Waals surface area contributed by atoms with E-state index in [0.717, 1.165) is 25.1 Å². The van der Waals surface area contributed by atoms with Gasteiger partial charge in [0.1, 0.15) is 18.4 Å². The number of nitrogens with one attached hydrogen (secondary N) is 1. The second-order valence-electron chi connectivity index (χ2n) is 4.22. The van der Waals surface area contributed by atoms with Crippen LogP contribution < -0.4 is 15.8 Å². The summed E-state index contributed by atoms with van der Waals surface area (Å²) >= 11 is 0. The van der Waals surface area contributed by atoms with Gasteiger partial charge in [0.15, 0.2) is 0 Å². The van der Waals surface area contributed by atoms with Crippen molar-refractivity contribution in [2.45, 2.75) is 32.7 Å². The van der Waals surface area contributed by atoms with Crippen LogP contribution in [0.25, 0.3) is 0 Å². The van der Waals surface area contributed by atoms with E-state index in [4.69, 9.17) is 10.5 Å². The van der Waals surface area contributed by atoms with E-state index in [2.05, 4.69) is 12.2 Å². The first kappa shape index (κ1) is 14.5. The number of amides is 1. The Morgan fingerprint density at radius 2 is 2.22 bits per heavy atom. The highest BCUT2D eigenvalue weighted by Gasteiger charge is 2.14. The first-order valence-electron chi connectivity index (χ1n) is 6.41. The molecule has 0 radical (unpaired) electrons. The summed E-state index contributed by atoms with van der Waals surface area (Å²) in [5.74, 6) is 0.397. The largest absolute Gasteiger partial charge is 0.491 e. The zero-order valence-corrected chi connectivity index (χ0v) is 11.1. The lowest BCUT2D eigenvalue weighted by Crippen LogP contribution is -2.45. The van der Waals surface area contributed by atoms with Gasteiger partial charge in [-0.25, -0.2) is 0 Å². The van der Waals surface area contributed by atoms with Crippen molar-refractivity contribution in [3.05, 3.63) is 29.8 Å². The van der Waals surface area contributed by atoms with E-state index in [1.807, 2.05) is 31.2 Å². The van der Waals surface area contributed by atoms with Gasteiger partial charge in [-0.2, -0.15) is 0 Å². The zero-order chi connectivity index (χ0) is 13.4. The van der Waals surface area contributed by atoms with Crippen molar-refractivity contribution in [1.29, 1.82) is 0 Å². The maximum atomic E-state index is 11.2. The van der Waals surface area contributed by atoms with Crippen molar-refractivity contribution in [3.8, 4) is 5.75 Å². The van der Waals surface area contributed by atoms with Crippen LogP contribution in [0.5, 0.6) is 5.75 Å². The number of benzene rings is 1. The molecular formula is C14H22N2O2. The summed E-state index contributed by atoms with van der Waals surface area (Å²) in [6.45, 7) is 5.15. The predicted molar refractivity (Wildman–Crippen MR) is 72.6 cm³/mol. The van der Waals surface area contributed by atoms with Crippen molar-refractivity contribution >= 4 is 5.91 Å². The molecule has 0 spiro atoms. The van der Waals surface area contributed by atoms with E-state index in [9.17, 15) is 4.79 Å². The van der Waals surface area contributed by atoms with E-state index in [1.165, 1.54) is 5.56 Å². The third-order valence-electron chi connectivity index (χ3n) is 2.71. The van der Waals surface area contributed by atoms with E-state index >= 15 is 0 Å². The van der Waals surface area contributed by atoms with Gasteiger partial charge in [-0.15, -0.1) is 0 Å². The van der Waals surface area contributed by atoms with E-state index in [-0.39, 0.29) is 12.5 Å². The first-order valence-corrected chi connectivity index (χ1v) is 6.41. The minimum Gasteiger partial charge on any atom is -0.491 e. The Hall–Kier alpha value is -1.55. The van der Waals surface area contributed by atoms with Crippen molar-refractivity contribution in [2.24, 2.45) is 5.73 Å². The van der Waals surface area contributed by atoms with Gasteiger partial charge in [-0.3, -0.25) is 4.79 Å². The average Bonchev–Trinajstić information content (AvgIpc) is 2.38. The topological polar surface area (TPSA) is 64.3 Å². The zero-order valence-electron chi connectivity index (χ0n) is 11.1. The lowest BCUT2D eigenvalue weighted by molar-refractivity contribution is -0.120. The average molecular weight is 250 g/mol. The Labute approximate surface area is 109 Å². The van der Waals surface area contributed by atoms with Gasteiger partial charge in [0.05, 0.1) is 0 Å². The van der Waals surface area contributed by atoms with Gasteiger partial charge >= 0.3 is 0 Å². The van der Waals surface area contributed by atoms with Crippen molar-refractivity contribution in [3.63, 3.8) is 0 Å². The number of hydrogen-bond donors (Lipinski definition) is 2. The maximum absolute atomic E-state index is 11.2. The minimum absolute atomic E-state index is 0.266. The Morgan fingerprint density at radius 1 is 1.44 bits per heavy atom. The summed E-state index contributed by atoms with van der Waals surface area (Å²) in [6, 6.07) is 7.44. The Balaban J connectivity index is 2.52. The lowest BCUT2D eigenvalue weighted by atomic mass is 10.2. The Morgan fingerprint density at radius 3 is 2.83 bits per heavy atom. The van der Waals surface area contributed by atoms with Crippen LogP contribution in [-0.2, 0) is 11.2 Å². The van der Waals surface area contributed by atoms with Crippen molar-refractivity contribution in [1.82, 2.24) is 5.32 Å². The molecule has 1 aromatic rings. The molecule has 100 valence electrons. The highest BCUT2D eigenvalue weighted by Crippen LogP contribution is 2.13. The molecular weight excluding hydrogens is 228 g/mol. The molecule has 0 heterocycles. The molecule has 0 aliphatic heterocycles. The first-order chi connectivity index (χ1) is 8.67. The molecule has 0 aliphatic rings. The third-order valence-corrected chi connectivity index (χ3v) is 2.71. The molecule has 1 amide bonds.